The van der Waals surface area contributed by atoms with E-state index in [0.717, 1.165) is 6.07 Å². The monoisotopic (exact) mass is 432 g/mol. The number of carbonyl (C=O) groups excluding carboxylic acids is 1. The van der Waals surface area contributed by atoms with Crippen LogP contribution in [0.3, 0.4) is 0 Å². The summed E-state index contributed by atoms with van der Waals surface area (Å²) in [6, 6.07) is 3.50. The minimum Gasteiger partial charge on any atom is -0.478 e. The maximum atomic E-state index is 12.4. The average molecular weight is 433 g/mol. The van der Waals surface area contributed by atoms with Crippen LogP contribution in [0.25, 0.3) is 0 Å². The molecule has 0 bridgehead atoms. The molecule has 1 saturated heterocycles. The van der Waals surface area contributed by atoms with Crippen molar-refractivity contribution in [1.29, 1.82) is 0 Å². The molecule has 0 radical (unpaired) electrons. The summed E-state index contributed by atoms with van der Waals surface area (Å²) in [7, 11) is -3.81. The van der Waals surface area contributed by atoms with E-state index in [1.807, 2.05) is 20.8 Å². The van der Waals surface area contributed by atoms with Gasteiger partial charge in [0.1, 0.15) is 5.60 Å². The molecule has 0 aromatic heterocycles. The van der Waals surface area contributed by atoms with E-state index in [4.69, 9.17) is 21.4 Å². The average Bonchev–Trinajstić information content (AvgIpc) is 2.58. The Morgan fingerprint density at radius 1 is 1.29 bits per heavy atom. The summed E-state index contributed by atoms with van der Waals surface area (Å²) in [6.45, 7) is 6.65. The van der Waals surface area contributed by atoms with Gasteiger partial charge in [-0.05, 0) is 57.7 Å². The van der Waals surface area contributed by atoms with E-state index in [9.17, 15) is 18.0 Å². The van der Waals surface area contributed by atoms with Crippen LogP contribution in [-0.4, -0.2) is 55.7 Å². The van der Waals surface area contributed by atoms with E-state index in [1.54, 1.807) is 4.90 Å². The fourth-order valence-corrected chi connectivity index (χ4v) is 4.26. The van der Waals surface area contributed by atoms with Crippen molar-refractivity contribution in [1.82, 2.24) is 9.62 Å². The molecule has 1 fully saturated rings. The molecule has 0 aliphatic carbocycles. The molecule has 10 heteroatoms. The van der Waals surface area contributed by atoms with Crippen LogP contribution in [0.5, 0.6) is 0 Å². The second-order valence-electron chi connectivity index (χ2n) is 7.71. The minimum atomic E-state index is -3.81. The molecular formula is C18H25ClN2O6S. The van der Waals surface area contributed by atoms with E-state index in [-0.39, 0.29) is 34.0 Å². The van der Waals surface area contributed by atoms with Crippen molar-refractivity contribution in [2.75, 3.05) is 19.6 Å². The standard InChI is InChI=1S/C18H25ClN2O6S/c1-18(2,3)27-17(24)21-8-6-12(7-9-21)11-20-28(25,26)13-4-5-14(16(22)23)15(19)10-13/h4-5,10,12,20H,6-9,11H2,1-3H3,(H,22,23). The van der Waals surface area contributed by atoms with Crippen molar-refractivity contribution >= 4 is 33.7 Å². The number of ether oxygens (including phenoxy) is 1. The maximum absolute atomic E-state index is 12.4. The van der Waals surface area contributed by atoms with Gasteiger partial charge in [0.15, 0.2) is 0 Å². The second-order valence-corrected chi connectivity index (χ2v) is 9.88. The van der Waals surface area contributed by atoms with Crippen LogP contribution in [0.2, 0.25) is 5.02 Å². The number of hydrogen-bond donors (Lipinski definition) is 2. The van der Waals surface area contributed by atoms with Crippen LogP contribution in [0.4, 0.5) is 4.79 Å². The largest absolute Gasteiger partial charge is 0.478 e. The Balaban J connectivity index is 1.90. The Morgan fingerprint density at radius 2 is 1.89 bits per heavy atom. The number of likely N-dealkylation sites (tertiary alicyclic amines) is 1. The molecule has 156 valence electrons. The highest BCUT2D eigenvalue weighted by molar-refractivity contribution is 7.89. The molecule has 2 rings (SSSR count). The predicted octanol–water partition coefficient (Wildman–Crippen LogP) is 2.96. The highest BCUT2D eigenvalue weighted by Gasteiger charge is 2.28. The Kier molecular flexibility index (Phi) is 6.95. The van der Waals surface area contributed by atoms with Gasteiger partial charge in [-0.25, -0.2) is 22.7 Å². The zero-order valence-corrected chi connectivity index (χ0v) is 17.6. The summed E-state index contributed by atoms with van der Waals surface area (Å²) in [5.41, 5.74) is -0.712. The van der Waals surface area contributed by atoms with Crippen molar-refractivity contribution in [2.24, 2.45) is 5.92 Å². The summed E-state index contributed by atoms with van der Waals surface area (Å²) >= 11 is 5.85. The topological polar surface area (TPSA) is 113 Å². The van der Waals surface area contributed by atoms with E-state index < -0.39 is 21.6 Å². The Labute approximate surface area is 169 Å². The van der Waals surface area contributed by atoms with Gasteiger partial charge in [0.25, 0.3) is 0 Å². The first kappa shape index (κ1) is 22.4. The zero-order chi connectivity index (χ0) is 21.1. The number of nitrogens with zero attached hydrogens (tertiary/aromatic N) is 1. The van der Waals surface area contributed by atoms with Crippen LogP contribution in [-0.2, 0) is 14.8 Å². The van der Waals surface area contributed by atoms with Crippen molar-refractivity contribution in [3.63, 3.8) is 0 Å². The van der Waals surface area contributed by atoms with Crippen LogP contribution < -0.4 is 4.72 Å². The van der Waals surface area contributed by atoms with E-state index in [1.165, 1.54) is 12.1 Å². The lowest BCUT2D eigenvalue weighted by atomic mass is 9.97. The number of aromatic carboxylic acids is 1. The molecule has 0 atom stereocenters. The highest BCUT2D eigenvalue weighted by atomic mass is 35.5. The van der Waals surface area contributed by atoms with Crippen molar-refractivity contribution in [3.8, 4) is 0 Å². The number of amides is 1. The zero-order valence-electron chi connectivity index (χ0n) is 16.1. The minimum absolute atomic E-state index is 0.0854. The van der Waals surface area contributed by atoms with Gasteiger partial charge >= 0.3 is 12.1 Å². The molecule has 8 nitrogen and oxygen atoms in total. The van der Waals surface area contributed by atoms with E-state index in [2.05, 4.69) is 4.72 Å². The number of benzene rings is 1. The predicted molar refractivity (Wildman–Crippen MR) is 104 cm³/mol. The maximum Gasteiger partial charge on any atom is 0.410 e. The third-order valence-electron chi connectivity index (χ3n) is 4.31. The lowest BCUT2D eigenvalue weighted by Crippen LogP contribution is -2.43. The fourth-order valence-electron chi connectivity index (χ4n) is 2.79. The summed E-state index contributed by atoms with van der Waals surface area (Å²) in [4.78, 5) is 24.6. The molecule has 1 aliphatic heterocycles. The number of hydrogen-bond acceptors (Lipinski definition) is 5. The number of carbonyl (C=O) groups is 2. The molecule has 28 heavy (non-hydrogen) atoms. The van der Waals surface area contributed by atoms with Gasteiger partial charge in [-0.15, -0.1) is 0 Å². The van der Waals surface area contributed by atoms with Crippen molar-refractivity contribution in [3.05, 3.63) is 28.8 Å². The normalized spacial score (nSPS) is 16.1. The molecule has 1 heterocycles. The Morgan fingerprint density at radius 3 is 2.39 bits per heavy atom. The van der Waals surface area contributed by atoms with Gasteiger partial charge in [0.2, 0.25) is 10.0 Å². The molecule has 1 amide bonds. The third-order valence-corrected chi connectivity index (χ3v) is 6.04. The van der Waals surface area contributed by atoms with Gasteiger partial charge in [-0.1, -0.05) is 11.6 Å². The molecule has 1 aliphatic rings. The molecule has 1 aromatic rings. The number of sulfonamides is 1. The van der Waals surface area contributed by atoms with Crippen LogP contribution in [0.15, 0.2) is 23.1 Å². The number of piperidine rings is 1. The van der Waals surface area contributed by atoms with Gasteiger partial charge in [-0.2, -0.15) is 0 Å². The molecular weight excluding hydrogens is 408 g/mol. The van der Waals surface area contributed by atoms with Crippen LogP contribution >= 0.6 is 11.6 Å². The molecule has 0 unspecified atom stereocenters. The number of carboxylic acid groups (broad SMARTS) is 1. The van der Waals surface area contributed by atoms with Gasteiger partial charge in [0.05, 0.1) is 15.5 Å². The Bertz CT molecular complexity index is 842. The number of halogens is 1. The summed E-state index contributed by atoms with van der Waals surface area (Å²) < 4.78 is 32.7. The third kappa shape index (κ3) is 6.08. The molecule has 0 spiro atoms. The number of rotatable bonds is 5. The molecule has 0 saturated carbocycles. The first-order valence-electron chi connectivity index (χ1n) is 8.89. The van der Waals surface area contributed by atoms with Crippen LogP contribution in [0, 0.1) is 5.92 Å². The first-order valence-corrected chi connectivity index (χ1v) is 10.8. The summed E-state index contributed by atoms with van der Waals surface area (Å²) in [6.07, 6.45) is 0.945. The number of nitrogens with one attached hydrogen (secondary N) is 1. The van der Waals surface area contributed by atoms with Gasteiger partial charge in [0, 0.05) is 19.6 Å². The summed E-state index contributed by atoms with van der Waals surface area (Å²) in [5, 5.41) is 8.83. The lowest BCUT2D eigenvalue weighted by Gasteiger charge is -2.33. The summed E-state index contributed by atoms with van der Waals surface area (Å²) in [5.74, 6) is -1.14. The van der Waals surface area contributed by atoms with Crippen molar-refractivity contribution < 1.29 is 27.9 Å². The van der Waals surface area contributed by atoms with E-state index >= 15 is 0 Å². The first-order chi connectivity index (χ1) is 12.9. The fraction of sp³-hybridized carbons (Fsp3) is 0.556. The SMILES string of the molecule is CC(C)(C)OC(=O)N1CCC(CNS(=O)(=O)c2ccc(C(=O)O)c(Cl)c2)CC1. The van der Waals surface area contributed by atoms with Gasteiger partial charge in [-0.3, -0.25) is 0 Å². The smallest absolute Gasteiger partial charge is 0.410 e. The molecule has 1 aromatic carbocycles. The lowest BCUT2D eigenvalue weighted by molar-refractivity contribution is 0.0185. The van der Waals surface area contributed by atoms with Crippen molar-refractivity contribution in [2.45, 2.75) is 44.1 Å². The van der Waals surface area contributed by atoms with E-state index in [0.29, 0.717) is 25.9 Å². The molecule has 2 N–H and O–H groups in total. The highest BCUT2D eigenvalue weighted by Crippen LogP contribution is 2.22. The second kappa shape index (κ2) is 8.67. The Hall–Kier alpha value is -1.84. The van der Waals surface area contributed by atoms with Crippen LogP contribution in [0.1, 0.15) is 44.0 Å². The number of carboxylic acids is 1. The van der Waals surface area contributed by atoms with Gasteiger partial charge < -0.3 is 14.7 Å². The quantitative estimate of drug-likeness (QED) is 0.739.